The SMILES string of the molecule is CCCCCCCCNC(=O)c1ccccc1N1C(=O)N2CCc3c([nH]c4ccccc34)C2(C)C1=O. The fourth-order valence-corrected chi connectivity index (χ4v) is 5.67. The van der Waals surface area contributed by atoms with Gasteiger partial charge in [0.1, 0.15) is 0 Å². The lowest BCUT2D eigenvalue weighted by molar-refractivity contribution is -0.125. The quantitative estimate of drug-likeness (QED) is 0.309. The van der Waals surface area contributed by atoms with Crippen molar-refractivity contribution < 1.29 is 14.4 Å². The minimum atomic E-state index is -1.15. The Balaban J connectivity index is 1.39. The number of para-hydroxylation sites is 2. The number of hydrogen-bond donors (Lipinski definition) is 2. The van der Waals surface area contributed by atoms with Gasteiger partial charge in [-0.05, 0) is 43.5 Å². The van der Waals surface area contributed by atoms with E-state index >= 15 is 0 Å². The fraction of sp³-hybridized carbons (Fsp3) is 0.414. The maximum absolute atomic E-state index is 14.0. The Morgan fingerprint density at radius 2 is 1.72 bits per heavy atom. The van der Waals surface area contributed by atoms with Gasteiger partial charge in [0, 0.05) is 24.0 Å². The van der Waals surface area contributed by atoms with Crippen LogP contribution in [0.2, 0.25) is 0 Å². The molecule has 1 aromatic heterocycles. The zero-order chi connectivity index (χ0) is 25.3. The lowest BCUT2D eigenvalue weighted by atomic mass is 9.87. The average Bonchev–Trinajstić information content (AvgIpc) is 3.37. The molecule has 2 aliphatic rings. The molecule has 2 aliphatic heterocycles. The van der Waals surface area contributed by atoms with Crippen molar-refractivity contribution in [2.45, 2.75) is 64.3 Å². The number of anilines is 1. The molecule has 3 heterocycles. The highest BCUT2D eigenvalue weighted by molar-refractivity contribution is 6.25. The summed E-state index contributed by atoms with van der Waals surface area (Å²) in [5, 5.41) is 4.07. The van der Waals surface area contributed by atoms with Crippen molar-refractivity contribution in [2.75, 3.05) is 18.0 Å². The molecule has 3 aromatic rings. The van der Waals surface area contributed by atoms with E-state index in [2.05, 4.69) is 17.2 Å². The summed E-state index contributed by atoms with van der Waals surface area (Å²) in [6, 6.07) is 14.5. The number of rotatable bonds is 9. The number of carbonyl (C=O) groups excluding carboxylic acids is 3. The Morgan fingerprint density at radius 3 is 2.56 bits per heavy atom. The lowest BCUT2D eigenvalue weighted by Gasteiger charge is -2.35. The predicted octanol–water partition coefficient (Wildman–Crippen LogP) is 5.50. The first kappa shape index (κ1) is 24.1. The topological polar surface area (TPSA) is 85.5 Å². The summed E-state index contributed by atoms with van der Waals surface area (Å²) in [6.07, 6.45) is 7.50. The van der Waals surface area contributed by atoms with Gasteiger partial charge in [0.25, 0.3) is 11.8 Å². The van der Waals surface area contributed by atoms with Crippen LogP contribution in [-0.4, -0.2) is 40.8 Å². The molecular weight excluding hydrogens is 452 g/mol. The second-order valence-electron chi connectivity index (χ2n) is 9.96. The molecule has 1 saturated heterocycles. The van der Waals surface area contributed by atoms with Gasteiger partial charge in [-0.2, -0.15) is 0 Å². The van der Waals surface area contributed by atoms with Gasteiger partial charge in [0.15, 0.2) is 5.54 Å². The number of hydrogen-bond acceptors (Lipinski definition) is 3. The third kappa shape index (κ3) is 3.87. The van der Waals surface area contributed by atoms with Crippen LogP contribution in [0.5, 0.6) is 0 Å². The van der Waals surface area contributed by atoms with Gasteiger partial charge in [0.05, 0.1) is 16.9 Å². The molecule has 2 aromatic carbocycles. The molecule has 0 aliphatic carbocycles. The number of nitrogens with one attached hydrogen (secondary N) is 2. The smallest absolute Gasteiger partial charge is 0.332 e. The molecule has 5 rings (SSSR count). The van der Waals surface area contributed by atoms with Crippen molar-refractivity contribution in [1.82, 2.24) is 15.2 Å². The van der Waals surface area contributed by atoms with Crippen molar-refractivity contribution in [3.05, 3.63) is 65.4 Å². The van der Waals surface area contributed by atoms with Crippen LogP contribution in [0.4, 0.5) is 10.5 Å². The first-order valence-corrected chi connectivity index (χ1v) is 13.1. The van der Waals surface area contributed by atoms with Crippen molar-refractivity contribution in [3.63, 3.8) is 0 Å². The molecule has 1 atom stereocenters. The van der Waals surface area contributed by atoms with E-state index in [9.17, 15) is 14.4 Å². The molecule has 2 N–H and O–H groups in total. The van der Waals surface area contributed by atoms with Crippen LogP contribution in [0.15, 0.2) is 48.5 Å². The van der Waals surface area contributed by atoms with Crippen LogP contribution in [-0.2, 0) is 16.8 Å². The minimum Gasteiger partial charge on any atom is -0.356 e. The summed E-state index contributed by atoms with van der Waals surface area (Å²) in [4.78, 5) is 47.0. The van der Waals surface area contributed by atoms with E-state index in [1.54, 1.807) is 29.2 Å². The van der Waals surface area contributed by atoms with Gasteiger partial charge in [-0.25, -0.2) is 9.69 Å². The van der Waals surface area contributed by atoms with Crippen LogP contribution in [0.3, 0.4) is 0 Å². The summed E-state index contributed by atoms with van der Waals surface area (Å²) < 4.78 is 0. The van der Waals surface area contributed by atoms with Crippen LogP contribution >= 0.6 is 0 Å². The van der Waals surface area contributed by atoms with Gasteiger partial charge in [-0.3, -0.25) is 9.59 Å². The zero-order valence-electron chi connectivity index (χ0n) is 21.1. The van der Waals surface area contributed by atoms with Gasteiger partial charge in [-0.1, -0.05) is 69.4 Å². The molecule has 188 valence electrons. The molecular formula is C29H34N4O3. The number of urea groups is 1. The Morgan fingerprint density at radius 1 is 1.00 bits per heavy atom. The van der Waals surface area contributed by atoms with E-state index in [0.29, 0.717) is 30.8 Å². The Bertz CT molecular complexity index is 1310. The number of benzene rings is 2. The van der Waals surface area contributed by atoms with E-state index < -0.39 is 5.54 Å². The first-order valence-electron chi connectivity index (χ1n) is 13.1. The van der Waals surface area contributed by atoms with Crippen LogP contribution in [0.25, 0.3) is 10.9 Å². The van der Waals surface area contributed by atoms with Crippen molar-refractivity contribution >= 4 is 34.4 Å². The maximum Gasteiger partial charge on any atom is 0.332 e. The van der Waals surface area contributed by atoms with Crippen LogP contribution in [0.1, 0.15) is 74.0 Å². The summed E-state index contributed by atoms with van der Waals surface area (Å²) in [5.41, 5.74) is 2.33. The summed E-state index contributed by atoms with van der Waals surface area (Å²) in [6.45, 7) is 5.02. The standard InChI is InChI=1S/C29H34N4O3/c1-3-4-5-6-7-12-18-30-26(34)22-14-9-11-16-24(22)33-27(35)29(2)25-21(17-19-32(29)28(33)36)20-13-8-10-15-23(20)31-25/h8-11,13-16,31H,3-7,12,17-19H2,1-2H3,(H,30,34). The number of unbranched alkanes of at least 4 members (excludes halogenated alkanes) is 5. The Hall–Kier alpha value is -3.61. The number of fused-ring (bicyclic) bond motifs is 5. The molecule has 0 radical (unpaired) electrons. The van der Waals surface area contributed by atoms with E-state index in [1.807, 2.05) is 31.2 Å². The Labute approximate surface area is 211 Å². The minimum absolute atomic E-state index is 0.263. The Kier molecular flexibility index (Phi) is 6.56. The van der Waals surface area contributed by atoms with Gasteiger partial charge in [-0.15, -0.1) is 0 Å². The predicted molar refractivity (Wildman–Crippen MR) is 141 cm³/mol. The van der Waals surface area contributed by atoms with E-state index in [0.717, 1.165) is 35.0 Å². The van der Waals surface area contributed by atoms with Gasteiger partial charge >= 0.3 is 6.03 Å². The molecule has 7 nitrogen and oxygen atoms in total. The molecule has 4 amide bonds. The molecule has 0 bridgehead atoms. The second kappa shape index (κ2) is 9.80. The molecule has 1 fully saturated rings. The number of aromatic amines is 1. The molecule has 0 spiro atoms. The number of carbonyl (C=O) groups is 3. The highest BCUT2D eigenvalue weighted by Crippen LogP contribution is 2.45. The van der Waals surface area contributed by atoms with Crippen molar-refractivity contribution in [3.8, 4) is 0 Å². The number of amides is 4. The number of aromatic nitrogens is 1. The fourth-order valence-electron chi connectivity index (χ4n) is 5.67. The second-order valence-corrected chi connectivity index (χ2v) is 9.96. The highest BCUT2D eigenvalue weighted by atomic mass is 16.2. The highest BCUT2D eigenvalue weighted by Gasteiger charge is 2.59. The van der Waals surface area contributed by atoms with E-state index in [1.165, 1.54) is 30.6 Å². The normalized spacial score (nSPS) is 19.1. The summed E-state index contributed by atoms with van der Waals surface area (Å²) in [7, 11) is 0. The maximum atomic E-state index is 14.0. The average molecular weight is 487 g/mol. The van der Waals surface area contributed by atoms with Gasteiger partial charge < -0.3 is 15.2 Å². The number of imide groups is 1. The monoisotopic (exact) mass is 486 g/mol. The first-order chi connectivity index (χ1) is 17.5. The summed E-state index contributed by atoms with van der Waals surface area (Å²) >= 11 is 0. The van der Waals surface area contributed by atoms with E-state index in [-0.39, 0.29) is 17.8 Å². The largest absolute Gasteiger partial charge is 0.356 e. The molecule has 36 heavy (non-hydrogen) atoms. The van der Waals surface area contributed by atoms with Crippen LogP contribution < -0.4 is 10.2 Å². The zero-order valence-corrected chi connectivity index (χ0v) is 21.1. The van der Waals surface area contributed by atoms with Crippen molar-refractivity contribution in [1.29, 1.82) is 0 Å². The lowest BCUT2D eigenvalue weighted by Crippen LogP contribution is -2.49. The number of nitrogens with zero attached hydrogens (tertiary/aromatic N) is 2. The van der Waals surface area contributed by atoms with Gasteiger partial charge in [0.2, 0.25) is 0 Å². The molecule has 7 heteroatoms. The van der Waals surface area contributed by atoms with Crippen LogP contribution in [0, 0.1) is 0 Å². The molecule has 1 unspecified atom stereocenters. The van der Waals surface area contributed by atoms with E-state index in [4.69, 9.17) is 0 Å². The third-order valence-electron chi connectivity index (χ3n) is 7.67. The third-order valence-corrected chi connectivity index (χ3v) is 7.67. The number of H-pyrrole nitrogens is 1. The molecule has 0 saturated carbocycles. The summed E-state index contributed by atoms with van der Waals surface area (Å²) in [5.74, 6) is -0.600. The van der Waals surface area contributed by atoms with Crippen molar-refractivity contribution in [2.24, 2.45) is 0 Å².